The minimum Gasteiger partial charge on any atom is -0.361 e. The van der Waals surface area contributed by atoms with Crippen LogP contribution in [0.1, 0.15) is 0 Å². The molecule has 0 aliphatic heterocycles. The molecule has 4 aromatic rings. The van der Waals surface area contributed by atoms with Crippen molar-refractivity contribution in [2.75, 3.05) is 5.32 Å². The van der Waals surface area contributed by atoms with Crippen LogP contribution >= 0.6 is 0 Å². The summed E-state index contributed by atoms with van der Waals surface area (Å²) in [5.41, 5.74) is 1.97. The zero-order valence-corrected chi connectivity index (χ0v) is 13.1. The van der Waals surface area contributed by atoms with Crippen LogP contribution in [0, 0.1) is 5.82 Å². The molecule has 0 aliphatic carbocycles. The minimum absolute atomic E-state index is 0.293. The van der Waals surface area contributed by atoms with Crippen molar-refractivity contribution in [2.24, 2.45) is 0 Å². The minimum atomic E-state index is -0.322. The van der Waals surface area contributed by atoms with Crippen LogP contribution in [0.15, 0.2) is 53.3 Å². The van der Waals surface area contributed by atoms with Gasteiger partial charge in [0.15, 0.2) is 0 Å². The number of imidazole rings is 1. The third kappa shape index (κ3) is 2.72. The lowest BCUT2D eigenvalue weighted by Gasteiger charge is -1.98. The molecule has 2 aromatic carbocycles. The van der Waals surface area contributed by atoms with Gasteiger partial charge in [-0.1, -0.05) is 18.7 Å². The van der Waals surface area contributed by atoms with Crippen LogP contribution in [0.2, 0.25) is 0 Å². The quantitative estimate of drug-likeness (QED) is 0.530. The molecule has 3 N–H and O–H groups in total. The monoisotopic (exact) mass is 335 g/mol. The van der Waals surface area contributed by atoms with Crippen LogP contribution in [0.25, 0.3) is 29.8 Å². The SMILES string of the molecule is C=c1[nH]n(-c2nc3ccccc3[nH]2)c(=O)/c1=C\Nc1ccc(F)cc1. The molecule has 0 saturated carbocycles. The summed E-state index contributed by atoms with van der Waals surface area (Å²) in [4.78, 5) is 20.1. The van der Waals surface area contributed by atoms with Gasteiger partial charge >= 0.3 is 0 Å². The predicted octanol–water partition coefficient (Wildman–Crippen LogP) is 1.44. The Morgan fingerprint density at radius 1 is 1.16 bits per heavy atom. The molecule has 6 nitrogen and oxygen atoms in total. The number of nitrogens with zero attached hydrogens (tertiary/aromatic N) is 2. The number of fused-ring (bicyclic) bond motifs is 1. The molecule has 0 unspecified atom stereocenters. The smallest absolute Gasteiger partial charge is 0.283 e. The van der Waals surface area contributed by atoms with Crippen LogP contribution in [-0.4, -0.2) is 19.7 Å². The van der Waals surface area contributed by atoms with E-state index in [-0.39, 0.29) is 11.4 Å². The van der Waals surface area contributed by atoms with Crippen molar-refractivity contribution < 1.29 is 4.39 Å². The third-order valence-corrected chi connectivity index (χ3v) is 3.82. The predicted molar refractivity (Wildman–Crippen MR) is 95.3 cm³/mol. The van der Waals surface area contributed by atoms with E-state index in [0.717, 1.165) is 11.0 Å². The Morgan fingerprint density at radius 3 is 2.68 bits per heavy atom. The summed E-state index contributed by atoms with van der Waals surface area (Å²) in [5, 5.41) is 6.68. The Hall–Kier alpha value is -3.61. The number of hydrogen-bond acceptors (Lipinski definition) is 3. The first-order chi connectivity index (χ1) is 12.1. The second kappa shape index (κ2) is 5.79. The number of aromatic amines is 2. The molecule has 0 fully saturated rings. The summed E-state index contributed by atoms with van der Waals surface area (Å²) in [6.07, 6.45) is 1.54. The highest BCUT2D eigenvalue weighted by Gasteiger charge is 2.09. The Morgan fingerprint density at radius 2 is 1.92 bits per heavy atom. The maximum absolute atomic E-state index is 12.9. The number of rotatable bonds is 3. The maximum atomic E-state index is 12.9. The van der Waals surface area contributed by atoms with E-state index in [1.165, 1.54) is 23.0 Å². The van der Waals surface area contributed by atoms with Gasteiger partial charge in [0.1, 0.15) is 5.82 Å². The first-order valence-corrected chi connectivity index (χ1v) is 7.59. The van der Waals surface area contributed by atoms with Crippen molar-refractivity contribution >= 4 is 29.5 Å². The average Bonchev–Trinajstić information content (AvgIpc) is 3.16. The first kappa shape index (κ1) is 14.9. The van der Waals surface area contributed by atoms with Crippen LogP contribution in [0.5, 0.6) is 0 Å². The number of anilines is 1. The summed E-state index contributed by atoms with van der Waals surface area (Å²) >= 11 is 0. The second-order valence-corrected chi connectivity index (χ2v) is 5.52. The van der Waals surface area contributed by atoms with Gasteiger partial charge in [0.05, 0.1) is 21.6 Å². The van der Waals surface area contributed by atoms with E-state index in [1.807, 2.05) is 24.3 Å². The molecule has 0 spiro atoms. The van der Waals surface area contributed by atoms with Gasteiger partial charge in [-0.15, -0.1) is 0 Å². The number of H-pyrrole nitrogens is 2. The molecule has 4 rings (SSSR count). The largest absolute Gasteiger partial charge is 0.361 e. The molecule has 0 saturated heterocycles. The fourth-order valence-electron chi connectivity index (χ4n) is 2.54. The number of hydrogen-bond donors (Lipinski definition) is 3. The van der Waals surface area contributed by atoms with Crippen LogP contribution in [0.4, 0.5) is 10.1 Å². The van der Waals surface area contributed by atoms with Gasteiger partial charge in [-0.25, -0.2) is 9.37 Å². The van der Waals surface area contributed by atoms with Gasteiger partial charge in [0.25, 0.3) is 5.56 Å². The Kier molecular flexibility index (Phi) is 3.46. The molecule has 0 atom stereocenters. The summed E-state index contributed by atoms with van der Waals surface area (Å²) < 4.78 is 14.2. The number of halogens is 1. The molecule has 25 heavy (non-hydrogen) atoms. The number of para-hydroxylation sites is 2. The van der Waals surface area contributed by atoms with E-state index >= 15 is 0 Å². The van der Waals surface area contributed by atoms with Crippen molar-refractivity contribution in [3.63, 3.8) is 0 Å². The van der Waals surface area contributed by atoms with E-state index in [0.29, 0.717) is 22.2 Å². The van der Waals surface area contributed by atoms with E-state index < -0.39 is 0 Å². The highest BCUT2D eigenvalue weighted by Crippen LogP contribution is 2.11. The van der Waals surface area contributed by atoms with Crippen molar-refractivity contribution in [2.45, 2.75) is 0 Å². The molecule has 0 radical (unpaired) electrons. The van der Waals surface area contributed by atoms with Crippen molar-refractivity contribution in [1.82, 2.24) is 19.7 Å². The van der Waals surface area contributed by atoms with Gasteiger partial charge in [-0.3, -0.25) is 9.89 Å². The lowest BCUT2D eigenvalue weighted by molar-refractivity contribution is 0.628. The van der Waals surface area contributed by atoms with Crippen molar-refractivity contribution in [3.05, 3.63) is 75.3 Å². The first-order valence-electron chi connectivity index (χ1n) is 7.59. The number of nitrogens with one attached hydrogen (secondary N) is 3. The zero-order valence-electron chi connectivity index (χ0n) is 13.1. The number of benzene rings is 2. The van der Waals surface area contributed by atoms with Gasteiger partial charge in [0.2, 0.25) is 5.95 Å². The summed E-state index contributed by atoms with van der Waals surface area (Å²) in [6, 6.07) is 13.4. The van der Waals surface area contributed by atoms with Crippen LogP contribution in [0.3, 0.4) is 0 Å². The maximum Gasteiger partial charge on any atom is 0.283 e. The Bertz CT molecular complexity index is 1180. The van der Waals surface area contributed by atoms with Gasteiger partial charge in [0, 0.05) is 11.9 Å². The lowest BCUT2D eigenvalue weighted by Crippen LogP contribution is -2.35. The number of aromatic nitrogens is 4. The van der Waals surface area contributed by atoms with Crippen molar-refractivity contribution in [3.8, 4) is 5.95 Å². The molecule has 0 bridgehead atoms. The summed E-state index contributed by atoms with van der Waals surface area (Å²) in [6.45, 7) is 3.86. The molecule has 7 heteroatoms. The summed E-state index contributed by atoms with van der Waals surface area (Å²) in [7, 11) is 0. The van der Waals surface area contributed by atoms with Gasteiger partial charge < -0.3 is 10.3 Å². The normalized spacial score (nSPS) is 12.0. The summed E-state index contributed by atoms with van der Waals surface area (Å²) in [5.74, 6) is 0.0646. The van der Waals surface area contributed by atoms with Gasteiger partial charge in [-0.05, 0) is 36.4 Å². The Balaban J connectivity index is 1.76. The molecular formula is C18H14FN5O. The van der Waals surface area contributed by atoms with E-state index in [4.69, 9.17) is 0 Å². The van der Waals surface area contributed by atoms with E-state index in [9.17, 15) is 9.18 Å². The fourth-order valence-corrected chi connectivity index (χ4v) is 2.54. The third-order valence-electron chi connectivity index (χ3n) is 3.82. The topological polar surface area (TPSA) is 78.5 Å². The Labute approximate surface area is 140 Å². The molecule has 2 aromatic heterocycles. The van der Waals surface area contributed by atoms with Gasteiger partial charge in [-0.2, -0.15) is 4.68 Å². The van der Waals surface area contributed by atoms with E-state index in [2.05, 4.69) is 27.0 Å². The van der Waals surface area contributed by atoms with E-state index in [1.54, 1.807) is 12.1 Å². The average molecular weight is 335 g/mol. The second-order valence-electron chi connectivity index (χ2n) is 5.52. The zero-order chi connectivity index (χ0) is 17.4. The molecule has 2 heterocycles. The van der Waals surface area contributed by atoms with Crippen LogP contribution < -0.4 is 21.4 Å². The lowest BCUT2D eigenvalue weighted by atomic mass is 10.3. The highest BCUT2D eigenvalue weighted by molar-refractivity contribution is 5.75. The van der Waals surface area contributed by atoms with Crippen molar-refractivity contribution in [1.29, 1.82) is 0 Å². The molecule has 0 amide bonds. The fraction of sp³-hybridized carbons (Fsp3) is 0. The molecule has 0 aliphatic rings. The highest BCUT2D eigenvalue weighted by atomic mass is 19.1. The molecule has 124 valence electrons. The van der Waals surface area contributed by atoms with Crippen LogP contribution in [-0.2, 0) is 0 Å². The standard InChI is InChI=1S/C18H14FN5O/c1-11-14(10-20-13-8-6-12(19)7-9-13)17(25)24(23-11)18-21-15-4-2-3-5-16(15)22-18/h2-10,20,23H,1H2,(H,21,22)/b14-10-. The molecular weight excluding hydrogens is 321 g/mol.